The lowest BCUT2D eigenvalue weighted by Gasteiger charge is -2.26. The number of pyridine rings is 1. The highest BCUT2D eigenvalue weighted by Gasteiger charge is 2.12. The Morgan fingerprint density at radius 1 is 1.17 bits per heavy atom. The lowest BCUT2D eigenvalue weighted by atomic mass is 10.2. The first-order chi connectivity index (χ1) is 11.6. The Bertz CT molecular complexity index is 629. The third kappa shape index (κ3) is 5.81. The molecule has 24 heavy (non-hydrogen) atoms. The SMILES string of the molecule is COc1ccc(CN(Cc2cccnc2)C(=S)NCC(C)C)cc1. The maximum atomic E-state index is 5.61. The van der Waals surface area contributed by atoms with E-state index in [1.807, 2.05) is 24.4 Å². The van der Waals surface area contributed by atoms with Crippen LogP contribution in [0.3, 0.4) is 0 Å². The molecule has 0 radical (unpaired) electrons. The summed E-state index contributed by atoms with van der Waals surface area (Å²) in [5.41, 5.74) is 2.33. The van der Waals surface area contributed by atoms with Crippen molar-refractivity contribution in [3.8, 4) is 5.75 Å². The van der Waals surface area contributed by atoms with E-state index in [0.717, 1.165) is 36.1 Å². The van der Waals surface area contributed by atoms with Gasteiger partial charge in [0.15, 0.2) is 5.11 Å². The van der Waals surface area contributed by atoms with Gasteiger partial charge in [-0.1, -0.05) is 32.0 Å². The predicted molar refractivity (Wildman–Crippen MR) is 102 cm³/mol. The molecule has 1 N–H and O–H groups in total. The number of hydrogen-bond acceptors (Lipinski definition) is 3. The summed E-state index contributed by atoms with van der Waals surface area (Å²) >= 11 is 5.61. The first-order valence-corrected chi connectivity index (χ1v) is 8.54. The van der Waals surface area contributed by atoms with E-state index in [0.29, 0.717) is 5.92 Å². The van der Waals surface area contributed by atoms with Crippen LogP contribution in [0.5, 0.6) is 5.75 Å². The molecule has 2 rings (SSSR count). The summed E-state index contributed by atoms with van der Waals surface area (Å²) in [7, 11) is 1.68. The first-order valence-electron chi connectivity index (χ1n) is 8.13. The highest BCUT2D eigenvalue weighted by Crippen LogP contribution is 2.15. The van der Waals surface area contributed by atoms with Crippen LogP contribution < -0.4 is 10.1 Å². The number of thiocarbonyl (C=S) groups is 1. The molecule has 0 saturated carbocycles. The zero-order chi connectivity index (χ0) is 17.4. The van der Waals surface area contributed by atoms with Gasteiger partial charge in [0.25, 0.3) is 0 Å². The molecule has 5 heteroatoms. The van der Waals surface area contributed by atoms with Gasteiger partial charge in [-0.05, 0) is 47.5 Å². The minimum atomic E-state index is 0.546. The lowest BCUT2D eigenvalue weighted by molar-refractivity contribution is 0.393. The van der Waals surface area contributed by atoms with Crippen molar-refractivity contribution in [2.45, 2.75) is 26.9 Å². The van der Waals surface area contributed by atoms with Crippen LogP contribution in [0.1, 0.15) is 25.0 Å². The van der Waals surface area contributed by atoms with Gasteiger partial charge < -0.3 is 15.0 Å². The molecule has 1 heterocycles. The molecular formula is C19H25N3OS. The highest BCUT2D eigenvalue weighted by atomic mass is 32.1. The van der Waals surface area contributed by atoms with Crippen LogP contribution in [0.2, 0.25) is 0 Å². The van der Waals surface area contributed by atoms with Crippen molar-refractivity contribution < 1.29 is 4.74 Å². The summed E-state index contributed by atoms with van der Waals surface area (Å²) in [6.07, 6.45) is 3.67. The molecule has 1 aromatic carbocycles. The molecule has 0 amide bonds. The summed E-state index contributed by atoms with van der Waals surface area (Å²) in [6.45, 7) is 6.67. The number of nitrogens with one attached hydrogen (secondary N) is 1. The second-order valence-corrected chi connectivity index (χ2v) is 6.53. The van der Waals surface area contributed by atoms with Crippen molar-refractivity contribution in [1.29, 1.82) is 0 Å². The van der Waals surface area contributed by atoms with Crippen LogP contribution >= 0.6 is 12.2 Å². The van der Waals surface area contributed by atoms with Gasteiger partial charge in [0.2, 0.25) is 0 Å². The number of aromatic nitrogens is 1. The molecule has 0 fully saturated rings. The van der Waals surface area contributed by atoms with Crippen molar-refractivity contribution >= 4 is 17.3 Å². The molecule has 0 aliphatic carbocycles. The standard InChI is InChI=1S/C19H25N3OS/c1-15(2)11-21-19(24)22(14-17-5-4-10-20-12-17)13-16-6-8-18(23-3)9-7-16/h4-10,12,15H,11,13-14H2,1-3H3,(H,21,24). The summed E-state index contributed by atoms with van der Waals surface area (Å²) in [4.78, 5) is 6.36. The Labute approximate surface area is 149 Å². The molecule has 4 nitrogen and oxygen atoms in total. The number of methoxy groups -OCH3 is 1. The van der Waals surface area contributed by atoms with E-state index < -0.39 is 0 Å². The predicted octanol–water partition coefficient (Wildman–Crippen LogP) is 3.62. The van der Waals surface area contributed by atoms with Gasteiger partial charge in [0.05, 0.1) is 7.11 Å². The maximum absolute atomic E-state index is 5.61. The van der Waals surface area contributed by atoms with Crippen molar-refractivity contribution in [2.24, 2.45) is 5.92 Å². The Hall–Kier alpha value is -2.14. The molecule has 0 spiro atoms. The highest BCUT2D eigenvalue weighted by molar-refractivity contribution is 7.80. The van der Waals surface area contributed by atoms with Gasteiger partial charge in [-0.25, -0.2) is 0 Å². The van der Waals surface area contributed by atoms with Crippen LogP contribution in [0.15, 0.2) is 48.8 Å². The van der Waals surface area contributed by atoms with Crippen LogP contribution in [0.25, 0.3) is 0 Å². The quantitative estimate of drug-likeness (QED) is 0.777. The van der Waals surface area contributed by atoms with Gasteiger partial charge in [-0.3, -0.25) is 4.98 Å². The smallest absolute Gasteiger partial charge is 0.169 e. The van der Waals surface area contributed by atoms with E-state index in [-0.39, 0.29) is 0 Å². The van der Waals surface area contributed by atoms with Gasteiger partial charge in [0.1, 0.15) is 5.75 Å². The van der Waals surface area contributed by atoms with Gasteiger partial charge in [-0.15, -0.1) is 0 Å². The second-order valence-electron chi connectivity index (χ2n) is 6.15. The fraction of sp³-hybridized carbons (Fsp3) is 0.368. The van der Waals surface area contributed by atoms with Crippen LogP contribution in [-0.4, -0.2) is 28.7 Å². The number of benzene rings is 1. The zero-order valence-electron chi connectivity index (χ0n) is 14.5. The van der Waals surface area contributed by atoms with E-state index in [9.17, 15) is 0 Å². The lowest BCUT2D eigenvalue weighted by Crippen LogP contribution is -2.40. The molecule has 0 bridgehead atoms. The van der Waals surface area contributed by atoms with E-state index in [1.165, 1.54) is 5.56 Å². The molecule has 0 atom stereocenters. The Morgan fingerprint density at radius 3 is 2.46 bits per heavy atom. The van der Waals surface area contributed by atoms with Crippen LogP contribution in [0, 0.1) is 5.92 Å². The zero-order valence-corrected chi connectivity index (χ0v) is 15.3. The summed E-state index contributed by atoms with van der Waals surface area (Å²) in [5, 5.41) is 4.12. The molecule has 2 aromatic rings. The van der Waals surface area contributed by atoms with E-state index in [1.54, 1.807) is 13.3 Å². The van der Waals surface area contributed by atoms with Crippen molar-refractivity contribution in [2.75, 3.05) is 13.7 Å². The fourth-order valence-electron chi connectivity index (χ4n) is 2.27. The van der Waals surface area contributed by atoms with Crippen molar-refractivity contribution in [3.63, 3.8) is 0 Å². The minimum absolute atomic E-state index is 0.546. The molecular weight excluding hydrogens is 318 g/mol. The number of rotatable bonds is 7. The third-order valence-corrected chi connectivity index (χ3v) is 3.98. The Kier molecular flexibility index (Phi) is 7.00. The molecule has 128 valence electrons. The topological polar surface area (TPSA) is 37.4 Å². The summed E-state index contributed by atoms with van der Waals surface area (Å²) in [5.74, 6) is 1.40. The summed E-state index contributed by atoms with van der Waals surface area (Å²) in [6, 6.07) is 12.1. The maximum Gasteiger partial charge on any atom is 0.169 e. The van der Waals surface area contributed by atoms with E-state index in [4.69, 9.17) is 17.0 Å². The van der Waals surface area contributed by atoms with Crippen LogP contribution in [0.4, 0.5) is 0 Å². The molecule has 0 unspecified atom stereocenters. The molecule has 1 aromatic heterocycles. The second kappa shape index (κ2) is 9.23. The average molecular weight is 343 g/mol. The van der Waals surface area contributed by atoms with Gasteiger partial charge in [-0.2, -0.15) is 0 Å². The average Bonchev–Trinajstić information content (AvgIpc) is 2.60. The van der Waals surface area contributed by atoms with Gasteiger partial charge >= 0.3 is 0 Å². The van der Waals surface area contributed by atoms with Crippen molar-refractivity contribution in [3.05, 3.63) is 59.9 Å². The largest absolute Gasteiger partial charge is 0.497 e. The number of nitrogens with zero attached hydrogens (tertiary/aromatic N) is 2. The van der Waals surface area contributed by atoms with Gasteiger partial charge in [0, 0.05) is 32.0 Å². The molecule has 0 aliphatic heterocycles. The fourth-order valence-corrected chi connectivity index (χ4v) is 2.48. The number of hydrogen-bond donors (Lipinski definition) is 1. The minimum Gasteiger partial charge on any atom is -0.497 e. The van der Waals surface area contributed by atoms with Crippen LogP contribution in [-0.2, 0) is 13.1 Å². The third-order valence-electron chi connectivity index (χ3n) is 3.58. The number of ether oxygens (including phenoxy) is 1. The van der Waals surface area contributed by atoms with E-state index in [2.05, 4.69) is 47.2 Å². The van der Waals surface area contributed by atoms with E-state index >= 15 is 0 Å². The Balaban J connectivity index is 2.09. The normalized spacial score (nSPS) is 10.5. The monoisotopic (exact) mass is 343 g/mol. The Morgan fingerprint density at radius 2 is 1.88 bits per heavy atom. The van der Waals surface area contributed by atoms with Crippen molar-refractivity contribution in [1.82, 2.24) is 15.2 Å². The molecule has 0 aliphatic rings. The first kappa shape index (κ1) is 18.2. The molecule has 0 saturated heterocycles. The summed E-state index contributed by atoms with van der Waals surface area (Å²) < 4.78 is 5.22.